The average Bonchev–Trinajstić information content (AvgIpc) is 2.27. The van der Waals surface area contributed by atoms with Gasteiger partial charge in [-0.05, 0) is 37.8 Å². The molecule has 1 amide bonds. The normalized spacial score (nSPS) is 22.1. The lowest BCUT2D eigenvalue weighted by molar-refractivity contribution is -0.117. The Morgan fingerprint density at radius 3 is 2.76 bits per heavy atom. The zero-order chi connectivity index (χ0) is 12.6. The van der Waals surface area contributed by atoms with Crippen LogP contribution >= 0.6 is 11.6 Å². The number of amides is 1. The highest BCUT2D eigenvalue weighted by atomic mass is 35.5. The number of halogens is 1. The molecule has 17 heavy (non-hydrogen) atoms. The van der Waals surface area contributed by atoms with Crippen LogP contribution in [0, 0.1) is 0 Å². The summed E-state index contributed by atoms with van der Waals surface area (Å²) in [4.78, 5) is 13.9. The van der Waals surface area contributed by atoms with Gasteiger partial charge in [-0.25, -0.2) is 0 Å². The Morgan fingerprint density at radius 1 is 1.47 bits per heavy atom. The minimum absolute atomic E-state index is 0.0176. The maximum atomic E-state index is 12.0. The van der Waals surface area contributed by atoms with Crippen LogP contribution in [0.1, 0.15) is 38.7 Å². The molecule has 2 rings (SSSR count). The first-order valence-electron chi connectivity index (χ1n) is 5.95. The molecule has 0 bridgehead atoms. The van der Waals surface area contributed by atoms with Crippen molar-refractivity contribution in [2.75, 3.05) is 10.8 Å². The van der Waals surface area contributed by atoms with Gasteiger partial charge in [0.15, 0.2) is 0 Å². The number of anilines is 1. The molecular formula is C14H18ClNO. The van der Waals surface area contributed by atoms with Crippen molar-refractivity contribution < 1.29 is 4.79 Å². The highest BCUT2D eigenvalue weighted by molar-refractivity contribution is 6.29. The van der Waals surface area contributed by atoms with Crippen molar-refractivity contribution in [3.8, 4) is 0 Å². The van der Waals surface area contributed by atoms with E-state index in [1.54, 1.807) is 0 Å². The van der Waals surface area contributed by atoms with Crippen molar-refractivity contribution in [1.29, 1.82) is 0 Å². The van der Waals surface area contributed by atoms with Gasteiger partial charge in [0.25, 0.3) is 0 Å². The van der Waals surface area contributed by atoms with Crippen molar-refractivity contribution in [2.45, 2.75) is 38.6 Å². The fraction of sp³-hybridized carbons (Fsp3) is 0.500. The summed E-state index contributed by atoms with van der Waals surface area (Å²) >= 11 is 5.72. The standard InChI is InChI=1S/C14H18ClNO/c1-10-8-14(2,3)16(13(17)9-15)12-7-5-4-6-11(10)12/h4-7,10H,8-9H2,1-3H3/t10-/m1/s1. The SMILES string of the molecule is C[C@@H]1CC(C)(C)N(C(=O)CCl)c2ccccc21. The largest absolute Gasteiger partial charge is 0.306 e. The minimum atomic E-state index is -0.167. The monoisotopic (exact) mass is 251 g/mol. The molecule has 1 aliphatic heterocycles. The van der Waals surface area contributed by atoms with E-state index in [2.05, 4.69) is 26.8 Å². The molecule has 0 spiro atoms. The number of carbonyl (C=O) groups excluding carboxylic acids is 1. The number of rotatable bonds is 1. The number of hydrogen-bond donors (Lipinski definition) is 0. The molecule has 0 unspecified atom stereocenters. The Hall–Kier alpha value is -1.02. The van der Waals surface area contributed by atoms with Gasteiger partial charge < -0.3 is 4.90 Å². The molecule has 2 nitrogen and oxygen atoms in total. The van der Waals surface area contributed by atoms with Crippen LogP contribution in [-0.2, 0) is 4.79 Å². The second kappa shape index (κ2) is 4.34. The van der Waals surface area contributed by atoms with E-state index in [-0.39, 0.29) is 17.3 Å². The Morgan fingerprint density at radius 2 is 2.12 bits per heavy atom. The van der Waals surface area contributed by atoms with Crippen LogP contribution in [0.5, 0.6) is 0 Å². The summed E-state index contributed by atoms with van der Waals surface area (Å²) in [6.07, 6.45) is 0.965. The second-order valence-electron chi connectivity index (χ2n) is 5.34. The van der Waals surface area contributed by atoms with Gasteiger partial charge in [-0.1, -0.05) is 25.1 Å². The molecular weight excluding hydrogens is 234 g/mol. The maximum absolute atomic E-state index is 12.0. The summed E-state index contributed by atoms with van der Waals surface area (Å²) in [5.74, 6) is 0.489. The number of hydrogen-bond acceptors (Lipinski definition) is 1. The van der Waals surface area contributed by atoms with E-state index in [0.717, 1.165) is 12.1 Å². The first kappa shape index (κ1) is 12.4. The van der Waals surface area contributed by atoms with Gasteiger partial charge in [0.1, 0.15) is 5.88 Å². The van der Waals surface area contributed by atoms with Gasteiger partial charge in [0.2, 0.25) is 5.91 Å². The Kier molecular flexibility index (Phi) is 3.17. The zero-order valence-electron chi connectivity index (χ0n) is 10.5. The maximum Gasteiger partial charge on any atom is 0.242 e. The Labute approximate surface area is 108 Å². The molecule has 1 aliphatic rings. The molecule has 1 aromatic carbocycles. The Bertz CT molecular complexity index is 442. The van der Waals surface area contributed by atoms with Gasteiger partial charge in [0, 0.05) is 11.2 Å². The molecule has 0 aliphatic carbocycles. The third-order valence-electron chi connectivity index (χ3n) is 3.48. The number of benzene rings is 1. The molecule has 0 aromatic heterocycles. The number of carbonyl (C=O) groups is 1. The summed E-state index contributed by atoms with van der Waals surface area (Å²) in [5.41, 5.74) is 2.09. The summed E-state index contributed by atoms with van der Waals surface area (Å²) < 4.78 is 0. The van der Waals surface area contributed by atoms with E-state index < -0.39 is 0 Å². The lowest BCUT2D eigenvalue weighted by atomic mass is 9.80. The van der Waals surface area contributed by atoms with Crippen molar-refractivity contribution in [2.24, 2.45) is 0 Å². The summed E-state index contributed by atoms with van der Waals surface area (Å²) in [6, 6.07) is 8.11. The molecule has 0 fully saturated rings. The van der Waals surface area contributed by atoms with E-state index in [1.807, 2.05) is 23.1 Å². The molecule has 1 aromatic rings. The number of para-hydroxylation sites is 1. The molecule has 0 saturated heterocycles. The smallest absolute Gasteiger partial charge is 0.242 e. The van der Waals surface area contributed by atoms with Crippen molar-refractivity contribution in [3.05, 3.63) is 29.8 Å². The molecule has 92 valence electrons. The number of nitrogens with zero attached hydrogens (tertiary/aromatic N) is 1. The first-order valence-corrected chi connectivity index (χ1v) is 6.49. The highest BCUT2D eigenvalue weighted by Gasteiger charge is 2.39. The van der Waals surface area contributed by atoms with E-state index in [9.17, 15) is 4.79 Å². The predicted molar refractivity (Wildman–Crippen MR) is 71.8 cm³/mol. The van der Waals surface area contributed by atoms with Crippen molar-refractivity contribution in [3.63, 3.8) is 0 Å². The lowest BCUT2D eigenvalue weighted by Crippen LogP contribution is -2.52. The van der Waals surface area contributed by atoms with Crippen LogP contribution < -0.4 is 4.90 Å². The van der Waals surface area contributed by atoms with Crippen LogP contribution in [0.3, 0.4) is 0 Å². The fourth-order valence-corrected chi connectivity index (χ4v) is 3.04. The lowest BCUT2D eigenvalue weighted by Gasteiger charge is -2.45. The fourth-order valence-electron chi connectivity index (χ4n) is 2.92. The van der Waals surface area contributed by atoms with Crippen LogP contribution in [-0.4, -0.2) is 17.3 Å². The number of alkyl halides is 1. The number of fused-ring (bicyclic) bond motifs is 1. The van der Waals surface area contributed by atoms with Gasteiger partial charge in [-0.15, -0.1) is 11.6 Å². The van der Waals surface area contributed by atoms with E-state index in [1.165, 1.54) is 5.56 Å². The highest BCUT2D eigenvalue weighted by Crippen LogP contribution is 2.43. The van der Waals surface area contributed by atoms with Crippen molar-refractivity contribution >= 4 is 23.2 Å². The van der Waals surface area contributed by atoms with Gasteiger partial charge in [0.05, 0.1) is 0 Å². The van der Waals surface area contributed by atoms with E-state index >= 15 is 0 Å². The first-order chi connectivity index (χ1) is 7.97. The van der Waals surface area contributed by atoms with Crippen LogP contribution in [0.2, 0.25) is 0 Å². The summed E-state index contributed by atoms with van der Waals surface area (Å²) in [7, 11) is 0. The van der Waals surface area contributed by atoms with E-state index in [4.69, 9.17) is 11.6 Å². The Balaban J connectivity index is 2.55. The van der Waals surface area contributed by atoms with Gasteiger partial charge in [-0.3, -0.25) is 4.79 Å². The third kappa shape index (κ3) is 2.06. The molecule has 0 saturated carbocycles. The van der Waals surface area contributed by atoms with Crippen molar-refractivity contribution in [1.82, 2.24) is 0 Å². The molecule has 0 N–H and O–H groups in total. The quantitative estimate of drug-likeness (QED) is 0.699. The van der Waals surface area contributed by atoms with Crippen LogP contribution in [0.15, 0.2) is 24.3 Å². The van der Waals surface area contributed by atoms with Crippen LogP contribution in [0.4, 0.5) is 5.69 Å². The second-order valence-corrected chi connectivity index (χ2v) is 5.61. The third-order valence-corrected chi connectivity index (χ3v) is 3.71. The van der Waals surface area contributed by atoms with E-state index in [0.29, 0.717) is 5.92 Å². The predicted octanol–water partition coefficient (Wildman–Crippen LogP) is 3.54. The van der Waals surface area contributed by atoms with Gasteiger partial charge in [-0.2, -0.15) is 0 Å². The molecule has 1 atom stereocenters. The summed E-state index contributed by atoms with van der Waals surface area (Å²) in [5, 5.41) is 0. The molecule has 0 radical (unpaired) electrons. The van der Waals surface area contributed by atoms with Crippen LogP contribution in [0.25, 0.3) is 0 Å². The van der Waals surface area contributed by atoms with Gasteiger partial charge >= 0.3 is 0 Å². The summed E-state index contributed by atoms with van der Waals surface area (Å²) in [6.45, 7) is 6.41. The minimum Gasteiger partial charge on any atom is -0.306 e. The molecule has 3 heteroatoms. The molecule has 1 heterocycles. The average molecular weight is 252 g/mol. The topological polar surface area (TPSA) is 20.3 Å². The zero-order valence-corrected chi connectivity index (χ0v) is 11.3.